The van der Waals surface area contributed by atoms with E-state index in [1.807, 2.05) is 6.92 Å². The van der Waals surface area contributed by atoms with Crippen molar-refractivity contribution in [1.82, 2.24) is 19.6 Å². The van der Waals surface area contributed by atoms with Gasteiger partial charge in [-0.15, -0.1) is 5.10 Å². The van der Waals surface area contributed by atoms with E-state index in [4.69, 9.17) is 31.9 Å². The van der Waals surface area contributed by atoms with Crippen LogP contribution in [0, 0.1) is 5.92 Å². The number of anilines is 1. The van der Waals surface area contributed by atoms with Crippen molar-refractivity contribution in [3.63, 3.8) is 0 Å². The van der Waals surface area contributed by atoms with Crippen molar-refractivity contribution in [3.05, 3.63) is 11.3 Å². The maximum atomic E-state index is 8.78. The predicted molar refractivity (Wildman–Crippen MR) is 91.2 cm³/mol. The lowest BCUT2D eigenvalue weighted by Crippen LogP contribution is -2.21. The first-order valence-corrected chi connectivity index (χ1v) is 8.35. The van der Waals surface area contributed by atoms with Gasteiger partial charge in [0.05, 0.1) is 18.9 Å². The van der Waals surface area contributed by atoms with Crippen molar-refractivity contribution in [3.8, 4) is 6.01 Å². The van der Waals surface area contributed by atoms with E-state index >= 15 is 0 Å². The lowest BCUT2D eigenvalue weighted by atomic mass is 10.1. The van der Waals surface area contributed by atoms with E-state index in [9.17, 15) is 0 Å². The summed E-state index contributed by atoms with van der Waals surface area (Å²) in [5, 5.41) is 13.1. The molecule has 3 N–H and O–H groups in total. The van der Waals surface area contributed by atoms with Gasteiger partial charge in [-0.05, 0) is 25.7 Å². The molecule has 0 bridgehead atoms. The molecule has 24 heavy (non-hydrogen) atoms. The summed E-state index contributed by atoms with van der Waals surface area (Å²) in [5.74, 6) is 0.508. The molecule has 2 atom stereocenters. The lowest BCUT2D eigenvalue weighted by molar-refractivity contribution is -0.00535. The molecule has 1 saturated heterocycles. The van der Waals surface area contributed by atoms with Crippen molar-refractivity contribution in [2.45, 2.75) is 45.8 Å². The fraction of sp³-hybridized carbons (Fsp3) is 0.667. The topological polar surface area (TPSA) is 108 Å². The number of fused-ring (bicyclic) bond motifs is 1. The van der Waals surface area contributed by atoms with E-state index in [0.717, 1.165) is 19.4 Å². The molecule has 1 aliphatic rings. The summed E-state index contributed by atoms with van der Waals surface area (Å²) >= 11 is 5.96. The highest BCUT2D eigenvalue weighted by Crippen LogP contribution is 2.23. The SMILES string of the molecule is CC(C)C(C)Oc1nc(Cl)c2cnc(N)nn12.OC1CCCOC1. The van der Waals surface area contributed by atoms with Crippen molar-refractivity contribution >= 4 is 23.1 Å². The van der Waals surface area contributed by atoms with Gasteiger partial charge in [-0.3, -0.25) is 0 Å². The van der Waals surface area contributed by atoms with E-state index in [2.05, 4.69) is 28.9 Å². The highest BCUT2D eigenvalue weighted by molar-refractivity contribution is 6.32. The van der Waals surface area contributed by atoms with Gasteiger partial charge in [-0.25, -0.2) is 4.98 Å². The normalized spacial score (nSPS) is 19.0. The summed E-state index contributed by atoms with van der Waals surface area (Å²) in [5.41, 5.74) is 6.10. The van der Waals surface area contributed by atoms with Crippen LogP contribution in [0.5, 0.6) is 6.01 Å². The fourth-order valence-corrected chi connectivity index (χ4v) is 2.14. The van der Waals surface area contributed by atoms with Crippen LogP contribution in [0.2, 0.25) is 5.15 Å². The molecule has 134 valence electrons. The summed E-state index contributed by atoms with van der Waals surface area (Å²) in [6.07, 6.45) is 3.27. The molecule has 2 aromatic rings. The molecule has 0 saturated carbocycles. The van der Waals surface area contributed by atoms with Crippen LogP contribution >= 0.6 is 11.6 Å². The van der Waals surface area contributed by atoms with Crippen LogP contribution in [0.4, 0.5) is 5.95 Å². The van der Waals surface area contributed by atoms with Gasteiger partial charge in [0.1, 0.15) is 11.6 Å². The lowest BCUT2D eigenvalue weighted by Gasteiger charge is -2.15. The number of rotatable bonds is 3. The number of hydrogen-bond donors (Lipinski definition) is 2. The minimum Gasteiger partial charge on any atom is -0.460 e. The number of nitrogens with zero attached hydrogens (tertiary/aromatic N) is 4. The maximum absolute atomic E-state index is 8.78. The minimum absolute atomic E-state index is 0.00727. The van der Waals surface area contributed by atoms with E-state index in [0.29, 0.717) is 29.2 Å². The number of aliphatic hydroxyl groups excluding tert-OH is 1. The molecule has 3 heterocycles. The largest absolute Gasteiger partial charge is 0.460 e. The number of aromatic nitrogens is 4. The molecule has 3 rings (SSSR count). The van der Waals surface area contributed by atoms with Crippen LogP contribution < -0.4 is 10.5 Å². The Morgan fingerprint density at radius 3 is 2.75 bits per heavy atom. The van der Waals surface area contributed by atoms with Crippen molar-refractivity contribution < 1.29 is 14.6 Å². The molecule has 9 heteroatoms. The Bertz CT molecular complexity index is 658. The van der Waals surface area contributed by atoms with Crippen LogP contribution in [0.25, 0.3) is 5.52 Å². The smallest absolute Gasteiger partial charge is 0.320 e. The number of halogens is 1. The quantitative estimate of drug-likeness (QED) is 0.864. The maximum Gasteiger partial charge on any atom is 0.320 e. The monoisotopic (exact) mass is 357 g/mol. The van der Waals surface area contributed by atoms with Gasteiger partial charge in [-0.2, -0.15) is 9.50 Å². The number of aliphatic hydroxyl groups is 1. The fourth-order valence-electron chi connectivity index (χ4n) is 1.94. The number of ether oxygens (including phenoxy) is 2. The Kier molecular flexibility index (Phi) is 6.59. The number of nitrogens with two attached hydrogens (primary N) is 1. The van der Waals surface area contributed by atoms with Gasteiger partial charge in [0.15, 0.2) is 5.15 Å². The van der Waals surface area contributed by atoms with Gasteiger partial charge in [-0.1, -0.05) is 25.4 Å². The van der Waals surface area contributed by atoms with E-state index in [1.165, 1.54) is 10.7 Å². The molecule has 1 aliphatic heterocycles. The molecule has 2 unspecified atom stereocenters. The van der Waals surface area contributed by atoms with Crippen molar-refractivity contribution in [2.75, 3.05) is 18.9 Å². The number of hydrogen-bond acceptors (Lipinski definition) is 7. The summed E-state index contributed by atoms with van der Waals surface area (Å²) in [4.78, 5) is 7.96. The average molecular weight is 358 g/mol. The van der Waals surface area contributed by atoms with Crippen molar-refractivity contribution in [1.29, 1.82) is 0 Å². The molecule has 0 radical (unpaired) electrons. The molecule has 0 amide bonds. The molecule has 0 aromatic carbocycles. The third kappa shape index (κ3) is 4.93. The number of imidazole rings is 1. The highest BCUT2D eigenvalue weighted by Gasteiger charge is 2.17. The predicted octanol–water partition coefficient (Wildman–Crippen LogP) is 1.94. The van der Waals surface area contributed by atoms with Gasteiger partial charge in [0, 0.05) is 6.61 Å². The second-order valence-electron chi connectivity index (χ2n) is 6.04. The molecular formula is C15H24ClN5O3. The third-order valence-electron chi connectivity index (χ3n) is 3.70. The van der Waals surface area contributed by atoms with E-state index in [1.54, 1.807) is 0 Å². The molecule has 2 aromatic heterocycles. The standard InChI is InChI=1S/C10H14ClN5O.C5H10O2/c1-5(2)6(3)17-10-14-8(11)7-4-13-9(12)15-16(7)10;6-5-2-1-3-7-4-5/h4-6H,1-3H3,(H2,12,15);5-6H,1-4H2. The molecular weight excluding hydrogens is 334 g/mol. The molecule has 0 spiro atoms. The summed E-state index contributed by atoms with van der Waals surface area (Å²) in [6.45, 7) is 7.46. The Balaban J connectivity index is 0.000000249. The first-order chi connectivity index (χ1) is 11.4. The first kappa shape index (κ1) is 18.7. The first-order valence-electron chi connectivity index (χ1n) is 7.97. The number of nitrogen functional groups attached to an aromatic ring is 1. The van der Waals surface area contributed by atoms with Gasteiger partial charge < -0.3 is 20.3 Å². The Morgan fingerprint density at radius 1 is 1.46 bits per heavy atom. The zero-order chi connectivity index (χ0) is 17.7. The highest BCUT2D eigenvalue weighted by atomic mass is 35.5. The Hall–Kier alpha value is -1.64. The van der Waals surface area contributed by atoms with Crippen LogP contribution in [0.15, 0.2) is 6.20 Å². The third-order valence-corrected chi connectivity index (χ3v) is 3.98. The molecule has 1 fully saturated rings. The average Bonchev–Trinajstić information content (AvgIpc) is 2.84. The zero-order valence-corrected chi connectivity index (χ0v) is 14.9. The van der Waals surface area contributed by atoms with Gasteiger partial charge in [0.25, 0.3) is 0 Å². The summed E-state index contributed by atoms with van der Waals surface area (Å²) < 4.78 is 12.1. The second-order valence-corrected chi connectivity index (χ2v) is 6.39. The summed E-state index contributed by atoms with van der Waals surface area (Å²) in [7, 11) is 0. The molecule has 0 aliphatic carbocycles. The zero-order valence-electron chi connectivity index (χ0n) is 14.1. The van der Waals surface area contributed by atoms with Gasteiger partial charge in [0.2, 0.25) is 5.95 Å². The van der Waals surface area contributed by atoms with Crippen LogP contribution in [0.1, 0.15) is 33.6 Å². The van der Waals surface area contributed by atoms with E-state index in [-0.39, 0.29) is 18.2 Å². The van der Waals surface area contributed by atoms with Crippen LogP contribution in [-0.4, -0.2) is 50.1 Å². The van der Waals surface area contributed by atoms with Crippen LogP contribution in [0.3, 0.4) is 0 Å². The van der Waals surface area contributed by atoms with Gasteiger partial charge >= 0.3 is 6.01 Å². The Morgan fingerprint density at radius 2 is 2.21 bits per heavy atom. The second kappa shape index (κ2) is 8.46. The Labute approximate surface area is 145 Å². The van der Waals surface area contributed by atoms with Crippen molar-refractivity contribution in [2.24, 2.45) is 5.92 Å². The van der Waals surface area contributed by atoms with E-state index < -0.39 is 0 Å². The minimum atomic E-state index is -0.186. The summed E-state index contributed by atoms with van der Waals surface area (Å²) in [6, 6.07) is 0.334. The molecule has 8 nitrogen and oxygen atoms in total. The van der Waals surface area contributed by atoms with Crippen LogP contribution in [-0.2, 0) is 4.74 Å².